The van der Waals surface area contributed by atoms with E-state index in [1.165, 1.54) is 6.07 Å². The molecule has 1 atom stereocenters. The standard InChI is InChI=1S/C23H27FN4O/c1-16-8-12-26-21(28-19-6-7-19)20(16)22(29)27-15-23(9-3-11-25-13-10-23)17-4-2-5-18(24)14-17/h2,4-8,12,14,19,25H,3,9-11,13,15H2,1H3,(H,26,28)(H,27,29). The van der Waals surface area contributed by atoms with Gasteiger partial charge in [0, 0.05) is 18.2 Å². The number of rotatable bonds is 6. The van der Waals surface area contributed by atoms with Crippen LogP contribution in [0.1, 0.15) is 40.7 Å². The van der Waals surface area contributed by atoms with Crippen molar-refractivity contribution in [3.63, 3.8) is 0 Å². The zero-order valence-corrected chi connectivity index (χ0v) is 16.7. The summed E-state index contributed by atoms with van der Waals surface area (Å²) in [6, 6.07) is 8.82. The van der Waals surface area contributed by atoms with Crippen LogP contribution in [-0.2, 0) is 5.41 Å². The predicted octanol–water partition coefficient (Wildman–Crippen LogP) is 3.32. The fraction of sp³-hybridized carbons (Fsp3) is 0.391. The Hall–Kier alpha value is -2.73. The molecule has 152 valence electrons. The Morgan fingerprint density at radius 3 is 2.93 bits per heavy atom. The number of nitrogens with one attached hydrogen (secondary N) is 3. The second-order valence-electron chi connectivity index (χ2n) is 7.98. The lowest BCUT2D eigenvalue weighted by atomic mass is 9.74. The number of amides is 1. The molecule has 29 heavy (non-hydrogen) atoms. The van der Waals surface area contributed by atoms with Crippen LogP contribution in [0.2, 0.25) is 0 Å². The smallest absolute Gasteiger partial charge is 0.255 e. The molecule has 1 fully saturated rings. The molecule has 0 spiro atoms. The SMILES string of the molecule is Cc1ccnc(NC2C=C2)c1C(=O)NCC1(c2cccc(F)c2)CCCNCC1. The second kappa shape index (κ2) is 8.33. The Morgan fingerprint density at radius 1 is 1.28 bits per heavy atom. The lowest BCUT2D eigenvalue weighted by Gasteiger charge is -2.34. The van der Waals surface area contributed by atoms with E-state index in [0.717, 1.165) is 43.5 Å². The fourth-order valence-corrected chi connectivity index (χ4v) is 4.12. The summed E-state index contributed by atoms with van der Waals surface area (Å²) >= 11 is 0. The first kappa shape index (κ1) is 19.6. The predicted molar refractivity (Wildman–Crippen MR) is 113 cm³/mol. The molecule has 1 aromatic heterocycles. The van der Waals surface area contributed by atoms with Crippen molar-refractivity contribution in [2.75, 3.05) is 25.0 Å². The van der Waals surface area contributed by atoms with E-state index in [1.54, 1.807) is 18.3 Å². The summed E-state index contributed by atoms with van der Waals surface area (Å²) in [7, 11) is 0. The van der Waals surface area contributed by atoms with Crippen LogP contribution in [0.4, 0.5) is 10.2 Å². The molecular weight excluding hydrogens is 367 g/mol. The summed E-state index contributed by atoms with van der Waals surface area (Å²) in [4.78, 5) is 17.5. The van der Waals surface area contributed by atoms with E-state index in [9.17, 15) is 9.18 Å². The summed E-state index contributed by atoms with van der Waals surface area (Å²) in [6.07, 6.45) is 8.47. The lowest BCUT2D eigenvalue weighted by molar-refractivity contribution is 0.0940. The van der Waals surface area contributed by atoms with Gasteiger partial charge in [-0.05, 0) is 68.6 Å². The van der Waals surface area contributed by atoms with Crippen LogP contribution >= 0.6 is 0 Å². The average Bonchev–Trinajstić information content (AvgIpc) is 3.54. The maximum atomic E-state index is 14.0. The van der Waals surface area contributed by atoms with Crippen molar-refractivity contribution in [1.29, 1.82) is 0 Å². The Bertz CT molecular complexity index is 913. The largest absolute Gasteiger partial charge is 0.360 e. The number of hydrogen-bond donors (Lipinski definition) is 3. The monoisotopic (exact) mass is 394 g/mol. The zero-order chi connectivity index (χ0) is 20.3. The van der Waals surface area contributed by atoms with Crippen LogP contribution in [0.3, 0.4) is 0 Å². The maximum absolute atomic E-state index is 14.0. The van der Waals surface area contributed by atoms with Crippen molar-refractivity contribution in [1.82, 2.24) is 15.6 Å². The minimum atomic E-state index is -0.289. The number of benzene rings is 1. The lowest BCUT2D eigenvalue weighted by Crippen LogP contribution is -2.42. The van der Waals surface area contributed by atoms with Crippen LogP contribution in [0.15, 0.2) is 48.7 Å². The normalized spacial score (nSPS) is 21.4. The fourth-order valence-electron chi connectivity index (χ4n) is 4.12. The van der Waals surface area contributed by atoms with Gasteiger partial charge in [-0.2, -0.15) is 0 Å². The molecule has 1 aliphatic carbocycles. The van der Waals surface area contributed by atoms with Gasteiger partial charge in [-0.1, -0.05) is 24.3 Å². The van der Waals surface area contributed by atoms with E-state index in [4.69, 9.17) is 0 Å². The minimum Gasteiger partial charge on any atom is -0.360 e. The first-order chi connectivity index (χ1) is 14.1. The van der Waals surface area contributed by atoms with Gasteiger partial charge in [0.05, 0.1) is 11.6 Å². The molecule has 0 saturated carbocycles. The van der Waals surface area contributed by atoms with Gasteiger partial charge in [0.15, 0.2) is 0 Å². The highest BCUT2D eigenvalue weighted by Gasteiger charge is 2.34. The number of pyridine rings is 1. The third kappa shape index (κ3) is 4.48. The molecule has 2 aliphatic rings. The van der Waals surface area contributed by atoms with Crippen molar-refractivity contribution in [3.05, 3.63) is 71.2 Å². The molecule has 3 N–H and O–H groups in total. The quantitative estimate of drug-likeness (QED) is 0.658. The van der Waals surface area contributed by atoms with Gasteiger partial charge in [-0.15, -0.1) is 0 Å². The Balaban J connectivity index is 1.57. The summed E-state index contributed by atoms with van der Waals surface area (Å²) in [5.74, 6) is 0.212. The summed E-state index contributed by atoms with van der Waals surface area (Å²) < 4.78 is 14.0. The molecule has 1 aliphatic heterocycles. The van der Waals surface area contributed by atoms with Gasteiger partial charge < -0.3 is 16.0 Å². The third-order valence-electron chi connectivity index (χ3n) is 5.89. The maximum Gasteiger partial charge on any atom is 0.255 e. The number of carbonyl (C=O) groups is 1. The summed E-state index contributed by atoms with van der Waals surface area (Å²) in [6.45, 7) is 4.17. The van der Waals surface area contributed by atoms with Gasteiger partial charge in [-0.25, -0.2) is 9.37 Å². The minimum absolute atomic E-state index is 0.147. The van der Waals surface area contributed by atoms with E-state index in [1.807, 2.05) is 31.2 Å². The highest BCUT2D eigenvalue weighted by molar-refractivity contribution is 6.00. The number of hydrogen-bond acceptors (Lipinski definition) is 4. The molecule has 1 unspecified atom stereocenters. The van der Waals surface area contributed by atoms with E-state index >= 15 is 0 Å². The topological polar surface area (TPSA) is 66.0 Å². The average molecular weight is 394 g/mol. The first-order valence-corrected chi connectivity index (χ1v) is 10.2. The van der Waals surface area contributed by atoms with Crippen molar-refractivity contribution >= 4 is 11.7 Å². The van der Waals surface area contributed by atoms with Crippen LogP contribution < -0.4 is 16.0 Å². The molecular formula is C23H27FN4O. The third-order valence-corrected chi connectivity index (χ3v) is 5.89. The van der Waals surface area contributed by atoms with E-state index in [0.29, 0.717) is 17.9 Å². The second-order valence-corrected chi connectivity index (χ2v) is 7.98. The van der Waals surface area contributed by atoms with Gasteiger partial charge >= 0.3 is 0 Å². The van der Waals surface area contributed by atoms with Crippen molar-refractivity contribution in [2.45, 2.75) is 37.6 Å². The number of nitrogens with zero attached hydrogens (tertiary/aromatic N) is 1. The van der Waals surface area contributed by atoms with E-state index in [2.05, 4.69) is 20.9 Å². The van der Waals surface area contributed by atoms with Crippen LogP contribution in [0, 0.1) is 12.7 Å². The zero-order valence-electron chi connectivity index (χ0n) is 16.7. The van der Waals surface area contributed by atoms with Crippen molar-refractivity contribution in [3.8, 4) is 0 Å². The molecule has 2 heterocycles. The number of anilines is 1. The Labute approximate surface area is 170 Å². The van der Waals surface area contributed by atoms with Crippen LogP contribution in [0.25, 0.3) is 0 Å². The molecule has 5 nitrogen and oxygen atoms in total. The number of carbonyl (C=O) groups excluding carboxylic acids is 1. The first-order valence-electron chi connectivity index (χ1n) is 10.2. The van der Waals surface area contributed by atoms with Gasteiger partial charge in [0.1, 0.15) is 11.6 Å². The molecule has 2 aromatic rings. The van der Waals surface area contributed by atoms with E-state index in [-0.39, 0.29) is 23.2 Å². The van der Waals surface area contributed by atoms with Crippen molar-refractivity contribution in [2.24, 2.45) is 0 Å². The molecule has 6 heteroatoms. The van der Waals surface area contributed by atoms with Crippen LogP contribution in [0.5, 0.6) is 0 Å². The molecule has 1 aromatic carbocycles. The van der Waals surface area contributed by atoms with E-state index < -0.39 is 0 Å². The highest BCUT2D eigenvalue weighted by atomic mass is 19.1. The van der Waals surface area contributed by atoms with Crippen LogP contribution in [-0.4, -0.2) is 36.6 Å². The number of aryl methyl sites for hydroxylation is 1. The van der Waals surface area contributed by atoms with Gasteiger partial charge in [0.2, 0.25) is 0 Å². The molecule has 4 rings (SSSR count). The molecule has 0 bridgehead atoms. The highest BCUT2D eigenvalue weighted by Crippen LogP contribution is 2.34. The van der Waals surface area contributed by atoms with Crippen molar-refractivity contribution < 1.29 is 9.18 Å². The van der Waals surface area contributed by atoms with Gasteiger partial charge in [-0.3, -0.25) is 4.79 Å². The number of aromatic nitrogens is 1. The summed E-state index contributed by atoms with van der Waals surface area (Å²) in [5, 5.41) is 9.82. The molecule has 1 amide bonds. The Morgan fingerprint density at radius 2 is 2.14 bits per heavy atom. The molecule has 1 saturated heterocycles. The Kier molecular flexibility index (Phi) is 5.62. The summed E-state index contributed by atoms with van der Waals surface area (Å²) in [5.41, 5.74) is 2.11. The van der Waals surface area contributed by atoms with Gasteiger partial charge in [0.25, 0.3) is 5.91 Å². The number of halogens is 1. The molecule has 0 radical (unpaired) electrons.